The fourth-order valence-electron chi connectivity index (χ4n) is 2.38. The van der Waals surface area contributed by atoms with E-state index >= 15 is 0 Å². The molecular formula is C16H20N4O2S. The molecule has 23 heavy (non-hydrogen) atoms. The number of morpholine rings is 1. The van der Waals surface area contributed by atoms with Crippen LogP contribution in [0.15, 0.2) is 29.9 Å². The first kappa shape index (κ1) is 16.0. The summed E-state index contributed by atoms with van der Waals surface area (Å²) in [6.07, 6.45) is 3.77. The van der Waals surface area contributed by atoms with Gasteiger partial charge in [-0.1, -0.05) is 0 Å². The molecule has 3 rings (SSSR count). The van der Waals surface area contributed by atoms with E-state index in [0.29, 0.717) is 13.0 Å². The quantitative estimate of drug-likeness (QED) is 0.862. The summed E-state index contributed by atoms with van der Waals surface area (Å²) < 4.78 is 5.34. The van der Waals surface area contributed by atoms with E-state index in [1.165, 1.54) is 0 Å². The van der Waals surface area contributed by atoms with Crippen LogP contribution < -0.4 is 5.32 Å². The number of nitrogens with zero attached hydrogens (tertiary/aromatic N) is 3. The molecule has 2 aromatic heterocycles. The molecule has 1 fully saturated rings. The lowest BCUT2D eigenvalue weighted by molar-refractivity contribution is -0.120. The van der Waals surface area contributed by atoms with Gasteiger partial charge in [0, 0.05) is 37.4 Å². The molecule has 3 heterocycles. The first-order valence-corrected chi connectivity index (χ1v) is 8.56. The van der Waals surface area contributed by atoms with Crippen LogP contribution in [0, 0.1) is 0 Å². The normalized spacial score (nSPS) is 15.5. The Morgan fingerprint density at radius 3 is 2.87 bits per heavy atom. The molecule has 0 unspecified atom stereocenters. The summed E-state index contributed by atoms with van der Waals surface area (Å²) in [4.78, 5) is 22.8. The lowest BCUT2D eigenvalue weighted by Gasteiger charge is -2.25. The van der Waals surface area contributed by atoms with Crippen molar-refractivity contribution in [3.05, 3.63) is 46.2 Å². The molecule has 1 amide bonds. The Morgan fingerprint density at radius 1 is 1.30 bits per heavy atom. The van der Waals surface area contributed by atoms with Crippen molar-refractivity contribution in [2.75, 3.05) is 26.3 Å². The molecule has 1 aliphatic rings. The molecule has 1 aliphatic heterocycles. The smallest absolute Gasteiger partial charge is 0.226 e. The van der Waals surface area contributed by atoms with Crippen molar-refractivity contribution in [2.24, 2.45) is 0 Å². The van der Waals surface area contributed by atoms with Crippen LogP contribution in [0.4, 0.5) is 0 Å². The number of rotatable bonds is 6. The molecular weight excluding hydrogens is 312 g/mol. The Hall–Kier alpha value is -1.83. The molecule has 0 bridgehead atoms. The number of thiazole rings is 1. The highest BCUT2D eigenvalue weighted by Crippen LogP contribution is 2.14. The fourth-order valence-corrected chi connectivity index (χ4v) is 3.22. The maximum Gasteiger partial charge on any atom is 0.226 e. The van der Waals surface area contributed by atoms with Crippen molar-refractivity contribution in [2.45, 2.75) is 19.5 Å². The Bertz CT molecular complexity index is 626. The third-order valence-corrected chi connectivity index (χ3v) is 4.52. The third-order valence-electron chi connectivity index (χ3n) is 3.64. The van der Waals surface area contributed by atoms with Crippen LogP contribution in [0.2, 0.25) is 0 Å². The summed E-state index contributed by atoms with van der Waals surface area (Å²) >= 11 is 1.62. The van der Waals surface area contributed by atoms with Gasteiger partial charge in [-0.15, -0.1) is 11.3 Å². The second-order valence-electron chi connectivity index (χ2n) is 5.43. The van der Waals surface area contributed by atoms with Gasteiger partial charge >= 0.3 is 0 Å². The topological polar surface area (TPSA) is 67.4 Å². The largest absolute Gasteiger partial charge is 0.379 e. The van der Waals surface area contributed by atoms with Gasteiger partial charge in [-0.3, -0.25) is 14.7 Å². The van der Waals surface area contributed by atoms with E-state index in [2.05, 4.69) is 20.2 Å². The molecule has 6 nitrogen and oxygen atoms in total. The third kappa shape index (κ3) is 5.09. The van der Waals surface area contributed by atoms with Crippen molar-refractivity contribution in [3.63, 3.8) is 0 Å². The van der Waals surface area contributed by atoms with E-state index in [1.54, 1.807) is 23.7 Å². The Morgan fingerprint density at radius 2 is 2.09 bits per heavy atom. The zero-order chi connectivity index (χ0) is 15.9. The van der Waals surface area contributed by atoms with Crippen molar-refractivity contribution < 1.29 is 9.53 Å². The van der Waals surface area contributed by atoms with Gasteiger partial charge in [-0.25, -0.2) is 4.98 Å². The average Bonchev–Trinajstić information content (AvgIpc) is 3.02. The highest BCUT2D eigenvalue weighted by atomic mass is 32.1. The number of carbonyl (C=O) groups excluding carboxylic acids is 1. The van der Waals surface area contributed by atoms with Crippen molar-refractivity contribution in [3.8, 4) is 0 Å². The molecule has 0 radical (unpaired) electrons. The van der Waals surface area contributed by atoms with E-state index in [4.69, 9.17) is 4.74 Å². The number of ether oxygens (including phenoxy) is 1. The molecule has 1 N–H and O–H groups in total. The van der Waals surface area contributed by atoms with Crippen molar-refractivity contribution >= 4 is 17.2 Å². The van der Waals surface area contributed by atoms with Crippen LogP contribution in [0.5, 0.6) is 0 Å². The minimum absolute atomic E-state index is 0.00923. The summed E-state index contributed by atoms with van der Waals surface area (Å²) in [5, 5.41) is 5.94. The second-order valence-corrected chi connectivity index (χ2v) is 6.37. The highest BCUT2D eigenvalue weighted by Gasteiger charge is 2.13. The standard InChI is InChI=1S/C16H20N4O2S/c21-15(18-10-13-1-3-17-4-2-13)9-14-12-23-16(19-14)11-20-5-7-22-8-6-20/h1-4,12H,5-11H2,(H,18,21). The summed E-state index contributed by atoms with van der Waals surface area (Å²) in [7, 11) is 0. The number of hydrogen-bond acceptors (Lipinski definition) is 6. The van der Waals surface area contributed by atoms with Crippen LogP contribution in [-0.2, 0) is 29.0 Å². The van der Waals surface area contributed by atoms with E-state index in [9.17, 15) is 4.79 Å². The summed E-state index contributed by atoms with van der Waals surface area (Å²) in [5.74, 6) is -0.00923. The number of amides is 1. The van der Waals surface area contributed by atoms with Gasteiger partial charge in [-0.05, 0) is 17.7 Å². The Labute approximate surface area is 139 Å². The van der Waals surface area contributed by atoms with E-state index in [-0.39, 0.29) is 5.91 Å². The molecule has 0 aliphatic carbocycles. The average molecular weight is 332 g/mol. The zero-order valence-corrected chi connectivity index (χ0v) is 13.7. The lowest BCUT2D eigenvalue weighted by Crippen LogP contribution is -2.35. The lowest BCUT2D eigenvalue weighted by atomic mass is 10.2. The number of pyridine rings is 1. The molecule has 0 saturated carbocycles. The van der Waals surface area contributed by atoms with Crippen molar-refractivity contribution in [1.29, 1.82) is 0 Å². The monoisotopic (exact) mass is 332 g/mol. The summed E-state index contributed by atoms with van der Waals surface area (Å²) in [6, 6.07) is 3.78. The molecule has 1 saturated heterocycles. The van der Waals surface area contributed by atoms with Crippen LogP contribution in [0.1, 0.15) is 16.3 Å². The van der Waals surface area contributed by atoms with E-state index < -0.39 is 0 Å². The fraction of sp³-hybridized carbons (Fsp3) is 0.438. The second kappa shape index (κ2) is 8.14. The number of hydrogen-bond donors (Lipinski definition) is 1. The van der Waals surface area contributed by atoms with E-state index in [1.807, 2.05) is 17.5 Å². The maximum absolute atomic E-state index is 12.0. The van der Waals surface area contributed by atoms with E-state index in [0.717, 1.165) is 49.1 Å². The highest BCUT2D eigenvalue weighted by molar-refractivity contribution is 7.09. The van der Waals surface area contributed by atoms with Gasteiger partial charge < -0.3 is 10.1 Å². The predicted octanol–water partition coefficient (Wildman–Crippen LogP) is 1.23. The van der Waals surface area contributed by atoms with Gasteiger partial charge in [0.25, 0.3) is 0 Å². The number of aromatic nitrogens is 2. The summed E-state index contributed by atoms with van der Waals surface area (Å²) in [6.45, 7) is 4.83. The van der Waals surface area contributed by atoms with Gasteiger partial charge in [0.1, 0.15) is 5.01 Å². The molecule has 7 heteroatoms. The Balaban J connectivity index is 1.45. The minimum Gasteiger partial charge on any atom is -0.379 e. The van der Waals surface area contributed by atoms with Gasteiger partial charge in [0.15, 0.2) is 0 Å². The van der Waals surface area contributed by atoms with Crippen LogP contribution >= 0.6 is 11.3 Å². The van der Waals surface area contributed by atoms with Gasteiger partial charge in [0.2, 0.25) is 5.91 Å². The Kier molecular flexibility index (Phi) is 5.68. The number of carbonyl (C=O) groups is 1. The van der Waals surface area contributed by atoms with Crippen LogP contribution in [0.3, 0.4) is 0 Å². The summed E-state index contributed by atoms with van der Waals surface area (Å²) in [5.41, 5.74) is 1.88. The van der Waals surface area contributed by atoms with Crippen LogP contribution in [-0.4, -0.2) is 47.1 Å². The van der Waals surface area contributed by atoms with Gasteiger partial charge in [-0.2, -0.15) is 0 Å². The minimum atomic E-state index is -0.00923. The first-order chi connectivity index (χ1) is 11.3. The first-order valence-electron chi connectivity index (χ1n) is 7.68. The predicted molar refractivity (Wildman–Crippen MR) is 88.0 cm³/mol. The zero-order valence-electron chi connectivity index (χ0n) is 12.9. The molecule has 122 valence electrons. The maximum atomic E-state index is 12.0. The van der Waals surface area contributed by atoms with Gasteiger partial charge in [0.05, 0.1) is 31.9 Å². The molecule has 0 aromatic carbocycles. The van der Waals surface area contributed by atoms with Crippen molar-refractivity contribution in [1.82, 2.24) is 20.2 Å². The number of nitrogens with one attached hydrogen (secondary N) is 1. The molecule has 2 aromatic rings. The van der Waals surface area contributed by atoms with Crippen LogP contribution in [0.25, 0.3) is 0 Å². The molecule has 0 atom stereocenters. The molecule has 0 spiro atoms. The SMILES string of the molecule is O=C(Cc1csc(CN2CCOCC2)n1)NCc1ccncc1.